The second-order valence-corrected chi connectivity index (χ2v) is 6.55. The number of carbonyl (C=O) groups excluding carboxylic acids is 1. The summed E-state index contributed by atoms with van der Waals surface area (Å²) in [7, 11) is 1.60. The van der Waals surface area contributed by atoms with Gasteiger partial charge in [0.05, 0.1) is 13.0 Å². The van der Waals surface area contributed by atoms with Gasteiger partial charge in [0.25, 0.3) is 0 Å². The van der Waals surface area contributed by atoms with Crippen LogP contribution >= 0.6 is 0 Å². The first-order valence-electron chi connectivity index (χ1n) is 8.25. The van der Waals surface area contributed by atoms with Crippen LogP contribution in [0, 0.1) is 11.8 Å². The van der Waals surface area contributed by atoms with E-state index in [9.17, 15) is 14.7 Å². The molecule has 0 radical (unpaired) electrons. The maximum absolute atomic E-state index is 12.6. The Morgan fingerprint density at radius 3 is 2.61 bits per heavy atom. The predicted molar refractivity (Wildman–Crippen MR) is 85.4 cm³/mol. The summed E-state index contributed by atoms with van der Waals surface area (Å²) in [5.74, 6) is -0.611. The van der Waals surface area contributed by atoms with Gasteiger partial charge >= 0.3 is 5.97 Å². The van der Waals surface area contributed by atoms with Crippen molar-refractivity contribution in [1.29, 1.82) is 0 Å². The first kappa shape index (κ1) is 15.8. The van der Waals surface area contributed by atoms with E-state index in [0.29, 0.717) is 18.8 Å². The highest BCUT2D eigenvalue weighted by molar-refractivity contribution is 5.81. The number of amides is 1. The van der Waals surface area contributed by atoms with Crippen LogP contribution in [-0.4, -0.2) is 42.1 Å². The molecule has 3 rings (SSSR count). The van der Waals surface area contributed by atoms with Crippen molar-refractivity contribution in [2.24, 2.45) is 11.8 Å². The summed E-state index contributed by atoms with van der Waals surface area (Å²) in [6.07, 6.45) is 4.09. The molecule has 2 fully saturated rings. The molecule has 124 valence electrons. The van der Waals surface area contributed by atoms with Crippen molar-refractivity contribution in [2.45, 2.75) is 31.6 Å². The highest BCUT2D eigenvalue weighted by Gasteiger charge is 2.42. The lowest BCUT2D eigenvalue weighted by molar-refractivity contribution is -0.142. The van der Waals surface area contributed by atoms with Crippen LogP contribution in [0.15, 0.2) is 24.3 Å². The van der Waals surface area contributed by atoms with Crippen LogP contribution in [0.4, 0.5) is 0 Å². The third kappa shape index (κ3) is 3.19. The molecular formula is C18H23NO4. The lowest BCUT2D eigenvalue weighted by Gasteiger charge is -2.20. The fourth-order valence-electron chi connectivity index (χ4n) is 3.87. The van der Waals surface area contributed by atoms with E-state index in [1.807, 2.05) is 24.3 Å². The minimum absolute atomic E-state index is 0.0912. The summed E-state index contributed by atoms with van der Waals surface area (Å²) < 4.78 is 5.24. The first-order valence-corrected chi connectivity index (χ1v) is 8.25. The van der Waals surface area contributed by atoms with Gasteiger partial charge in [0.2, 0.25) is 5.91 Å². The van der Waals surface area contributed by atoms with Gasteiger partial charge in [-0.3, -0.25) is 9.59 Å². The van der Waals surface area contributed by atoms with Gasteiger partial charge in [-0.15, -0.1) is 0 Å². The zero-order valence-electron chi connectivity index (χ0n) is 13.4. The first-order chi connectivity index (χ1) is 11.1. The third-order valence-corrected chi connectivity index (χ3v) is 5.18. The van der Waals surface area contributed by atoms with E-state index in [1.165, 1.54) is 0 Å². The maximum Gasteiger partial charge on any atom is 0.308 e. The minimum Gasteiger partial charge on any atom is -0.497 e. The molecule has 0 unspecified atom stereocenters. The summed E-state index contributed by atoms with van der Waals surface area (Å²) in [6, 6.07) is 7.51. The van der Waals surface area contributed by atoms with Crippen molar-refractivity contribution in [3.63, 3.8) is 0 Å². The van der Waals surface area contributed by atoms with Gasteiger partial charge in [-0.1, -0.05) is 25.0 Å². The summed E-state index contributed by atoms with van der Waals surface area (Å²) in [5.41, 5.74) is 0.929. The van der Waals surface area contributed by atoms with E-state index in [2.05, 4.69) is 0 Å². The smallest absolute Gasteiger partial charge is 0.308 e. The standard InChI is InChI=1S/C18H23NO4/c1-23-14-8-4-7-13(9-14)15-10-19(11-16(15)18(21)22)17(20)12-5-2-3-6-12/h4,7-9,12,15-16H,2-3,5-6,10-11H2,1H3,(H,21,22)/t15-,16+/m0/s1. The van der Waals surface area contributed by atoms with Gasteiger partial charge in [-0.2, -0.15) is 0 Å². The summed E-state index contributed by atoms with van der Waals surface area (Å²) in [5, 5.41) is 9.57. The Morgan fingerprint density at radius 1 is 1.22 bits per heavy atom. The van der Waals surface area contributed by atoms with Crippen LogP contribution in [0.2, 0.25) is 0 Å². The number of benzene rings is 1. The average molecular weight is 317 g/mol. The summed E-state index contributed by atoms with van der Waals surface area (Å²) in [4.78, 5) is 26.0. The molecule has 1 aromatic carbocycles. The number of rotatable bonds is 4. The van der Waals surface area contributed by atoms with E-state index in [0.717, 1.165) is 31.2 Å². The molecule has 0 spiro atoms. The van der Waals surface area contributed by atoms with Crippen LogP contribution in [0.3, 0.4) is 0 Å². The molecule has 23 heavy (non-hydrogen) atoms. The molecule has 1 heterocycles. The molecule has 1 saturated heterocycles. The molecule has 5 nitrogen and oxygen atoms in total. The number of carboxylic acids is 1. The highest BCUT2D eigenvalue weighted by atomic mass is 16.5. The van der Waals surface area contributed by atoms with Gasteiger partial charge in [0.15, 0.2) is 0 Å². The second kappa shape index (κ2) is 6.60. The van der Waals surface area contributed by atoms with Crippen molar-refractivity contribution >= 4 is 11.9 Å². The number of hydrogen-bond donors (Lipinski definition) is 1. The fraction of sp³-hybridized carbons (Fsp3) is 0.556. The van der Waals surface area contributed by atoms with Crippen molar-refractivity contribution in [2.75, 3.05) is 20.2 Å². The van der Waals surface area contributed by atoms with Gasteiger partial charge in [0.1, 0.15) is 5.75 Å². The molecular weight excluding hydrogens is 294 g/mol. The molecule has 2 aliphatic rings. The second-order valence-electron chi connectivity index (χ2n) is 6.55. The molecule has 1 N–H and O–H groups in total. The summed E-state index contributed by atoms with van der Waals surface area (Å²) in [6.45, 7) is 0.798. The quantitative estimate of drug-likeness (QED) is 0.926. The Balaban J connectivity index is 1.80. The molecule has 1 saturated carbocycles. The predicted octanol–water partition coefficient (Wildman–Crippen LogP) is 2.51. The number of carboxylic acid groups (broad SMARTS) is 1. The number of ether oxygens (including phenoxy) is 1. The Hall–Kier alpha value is -2.04. The Kier molecular flexibility index (Phi) is 4.55. The SMILES string of the molecule is COc1cccc([C@@H]2CN(C(=O)C3CCCC3)C[C@H]2C(=O)O)c1. The lowest BCUT2D eigenvalue weighted by atomic mass is 9.89. The van der Waals surface area contributed by atoms with Crippen molar-refractivity contribution in [1.82, 2.24) is 4.90 Å². The van der Waals surface area contributed by atoms with E-state index in [1.54, 1.807) is 12.0 Å². The van der Waals surface area contributed by atoms with Gasteiger partial charge in [0, 0.05) is 24.9 Å². The molecule has 1 aliphatic heterocycles. The average Bonchev–Trinajstić information content (AvgIpc) is 3.24. The Labute approximate surface area is 136 Å². The van der Waals surface area contributed by atoms with Crippen LogP contribution in [-0.2, 0) is 9.59 Å². The number of methoxy groups -OCH3 is 1. The number of nitrogens with zero attached hydrogens (tertiary/aromatic N) is 1. The van der Waals surface area contributed by atoms with Crippen LogP contribution < -0.4 is 4.74 Å². The van der Waals surface area contributed by atoms with E-state index < -0.39 is 11.9 Å². The molecule has 0 bridgehead atoms. The third-order valence-electron chi connectivity index (χ3n) is 5.18. The zero-order chi connectivity index (χ0) is 16.4. The van der Waals surface area contributed by atoms with Crippen molar-refractivity contribution < 1.29 is 19.4 Å². The topological polar surface area (TPSA) is 66.8 Å². The van der Waals surface area contributed by atoms with Crippen LogP contribution in [0.5, 0.6) is 5.75 Å². The maximum atomic E-state index is 12.6. The number of hydrogen-bond acceptors (Lipinski definition) is 3. The molecule has 1 amide bonds. The fourth-order valence-corrected chi connectivity index (χ4v) is 3.87. The van der Waals surface area contributed by atoms with E-state index in [4.69, 9.17) is 4.74 Å². The van der Waals surface area contributed by atoms with Crippen molar-refractivity contribution in [3.8, 4) is 5.75 Å². The highest BCUT2D eigenvalue weighted by Crippen LogP contribution is 2.36. The number of likely N-dealkylation sites (tertiary alicyclic amines) is 1. The molecule has 1 aliphatic carbocycles. The molecule has 2 atom stereocenters. The van der Waals surface area contributed by atoms with E-state index in [-0.39, 0.29) is 17.7 Å². The van der Waals surface area contributed by atoms with Crippen molar-refractivity contribution in [3.05, 3.63) is 29.8 Å². The van der Waals surface area contributed by atoms with Gasteiger partial charge < -0.3 is 14.7 Å². The van der Waals surface area contributed by atoms with E-state index >= 15 is 0 Å². The molecule has 1 aromatic rings. The van der Waals surface area contributed by atoms with Gasteiger partial charge in [-0.05, 0) is 30.5 Å². The Bertz CT molecular complexity index is 594. The lowest BCUT2D eigenvalue weighted by Crippen LogP contribution is -2.34. The number of carbonyl (C=O) groups is 2. The minimum atomic E-state index is -0.834. The zero-order valence-corrected chi connectivity index (χ0v) is 13.4. The van der Waals surface area contributed by atoms with Crippen LogP contribution in [0.25, 0.3) is 0 Å². The van der Waals surface area contributed by atoms with Crippen LogP contribution in [0.1, 0.15) is 37.2 Å². The van der Waals surface area contributed by atoms with Gasteiger partial charge in [-0.25, -0.2) is 0 Å². The number of aliphatic carboxylic acids is 1. The normalized spacial score (nSPS) is 24.8. The largest absolute Gasteiger partial charge is 0.497 e. The monoisotopic (exact) mass is 317 g/mol. The Morgan fingerprint density at radius 2 is 1.96 bits per heavy atom. The molecule has 0 aromatic heterocycles. The molecule has 5 heteroatoms. The summed E-state index contributed by atoms with van der Waals surface area (Å²) >= 11 is 0.